The fourth-order valence-corrected chi connectivity index (χ4v) is 1.83. The van der Waals surface area contributed by atoms with Crippen LogP contribution in [0.15, 0.2) is 0 Å². The molecule has 0 bridgehead atoms. The summed E-state index contributed by atoms with van der Waals surface area (Å²) >= 11 is 0. The van der Waals surface area contributed by atoms with E-state index < -0.39 is 5.54 Å². The Balaban J connectivity index is 4.51. The van der Waals surface area contributed by atoms with Gasteiger partial charge in [0.05, 0.1) is 6.61 Å². The first-order valence-electron chi connectivity index (χ1n) is 6.47. The van der Waals surface area contributed by atoms with Gasteiger partial charge < -0.3 is 15.0 Å². The van der Waals surface area contributed by atoms with Crippen LogP contribution >= 0.6 is 0 Å². The Morgan fingerprint density at radius 3 is 2.47 bits per heavy atom. The van der Waals surface area contributed by atoms with Crippen LogP contribution in [-0.4, -0.2) is 49.7 Å². The van der Waals surface area contributed by atoms with E-state index in [-0.39, 0.29) is 5.97 Å². The second kappa shape index (κ2) is 7.67. The van der Waals surface area contributed by atoms with Gasteiger partial charge in [0.2, 0.25) is 0 Å². The molecule has 0 aromatic rings. The van der Waals surface area contributed by atoms with Crippen LogP contribution in [0.1, 0.15) is 40.5 Å². The van der Waals surface area contributed by atoms with Crippen molar-refractivity contribution in [1.29, 1.82) is 0 Å². The predicted molar refractivity (Wildman–Crippen MR) is 71.1 cm³/mol. The van der Waals surface area contributed by atoms with Gasteiger partial charge in [0.15, 0.2) is 0 Å². The lowest BCUT2D eigenvalue weighted by molar-refractivity contribution is -0.151. The Kier molecular flexibility index (Phi) is 7.39. The minimum absolute atomic E-state index is 0.182. The first kappa shape index (κ1) is 16.4. The molecule has 2 unspecified atom stereocenters. The quantitative estimate of drug-likeness (QED) is 0.659. The molecule has 17 heavy (non-hydrogen) atoms. The summed E-state index contributed by atoms with van der Waals surface area (Å²) in [5.74, 6) is -0.182. The zero-order chi connectivity index (χ0) is 13.5. The molecule has 0 saturated heterocycles. The van der Waals surface area contributed by atoms with Gasteiger partial charge in [-0.1, -0.05) is 13.3 Å². The molecule has 0 fully saturated rings. The molecule has 0 aliphatic heterocycles. The van der Waals surface area contributed by atoms with Crippen LogP contribution in [0.3, 0.4) is 0 Å². The minimum Gasteiger partial charge on any atom is -0.465 e. The first-order chi connectivity index (χ1) is 7.91. The largest absolute Gasteiger partial charge is 0.465 e. The van der Waals surface area contributed by atoms with E-state index in [2.05, 4.69) is 31.1 Å². The summed E-state index contributed by atoms with van der Waals surface area (Å²) in [5, 5.41) is 3.07. The lowest BCUT2D eigenvalue weighted by Gasteiger charge is -2.34. The number of carbonyl (C=O) groups excluding carboxylic acids is 1. The summed E-state index contributed by atoms with van der Waals surface area (Å²) in [5.41, 5.74) is -0.632. The fourth-order valence-electron chi connectivity index (χ4n) is 1.83. The van der Waals surface area contributed by atoms with Gasteiger partial charge in [0.1, 0.15) is 5.54 Å². The van der Waals surface area contributed by atoms with Gasteiger partial charge in [-0.3, -0.25) is 4.79 Å². The third-order valence-corrected chi connectivity index (χ3v) is 3.30. The van der Waals surface area contributed by atoms with Gasteiger partial charge in [-0.15, -0.1) is 0 Å². The standard InChI is InChI=1S/C13H28N2O2/c1-7-9-11(3)15(6)10-13(4,14-5)12(16)17-8-2/h11,14H,7-10H2,1-6H3. The molecule has 4 heteroatoms. The number of carbonyl (C=O) groups is 1. The number of nitrogens with one attached hydrogen (secondary N) is 1. The highest BCUT2D eigenvalue weighted by Gasteiger charge is 2.34. The highest BCUT2D eigenvalue weighted by atomic mass is 16.5. The maximum atomic E-state index is 11.9. The molecule has 0 aromatic carbocycles. The van der Waals surface area contributed by atoms with E-state index in [1.165, 1.54) is 0 Å². The molecule has 0 radical (unpaired) electrons. The Labute approximate surface area is 106 Å². The van der Waals surface area contributed by atoms with E-state index in [9.17, 15) is 4.79 Å². The molecule has 0 aliphatic carbocycles. The molecule has 0 aliphatic rings. The smallest absolute Gasteiger partial charge is 0.327 e. The topological polar surface area (TPSA) is 41.6 Å². The van der Waals surface area contributed by atoms with Crippen LogP contribution < -0.4 is 5.32 Å². The summed E-state index contributed by atoms with van der Waals surface area (Å²) < 4.78 is 5.11. The van der Waals surface area contributed by atoms with Crippen molar-refractivity contribution in [2.45, 2.75) is 52.1 Å². The zero-order valence-corrected chi connectivity index (χ0v) is 12.2. The summed E-state index contributed by atoms with van der Waals surface area (Å²) in [6.07, 6.45) is 2.29. The molecule has 102 valence electrons. The third kappa shape index (κ3) is 5.04. The molecule has 0 saturated carbocycles. The molecular weight excluding hydrogens is 216 g/mol. The van der Waals surface area contributed by atoms with Crippen molar-refractivity contribution >= 4 is 5.97 Å². The number of esters is 1. The second-order valence-corrected chi connectivity index (χ2v) is 4.86. The average Bonchev–Trinajstić information content (AvgIpc) is 2.29. The Bertz CT molecular complexity index is 233. The van der Waals surface area contributed by atoms with Crippen molar-refractivity contribution in [3.8, 4) is 0 Å². The van der Waals surface area contributed by atoms with Crippen molar-refractivity contribution in [3.63, 3.8) is 0 Å². The number of rotatable bonds is 8. The third-order valence-electron chi connectivity index (χ3n) is 3.30. The van der Waals surface area contributed by atoms with Crippen molar-refractivity contribution in [3.05, 3.63) is 0 Å². The number of nitrogens with zero attached hydrogens (tertiary/aromatic N) is 1. The molecule has 2 atom stereocenters. The monoisotopic (exact) mass is 244 g/mol. The van der Waals surface area contributed by atoms with Gasteiger partial charge in [0, 0.05) is 12.6 Å². The van der Waals surface area contributed by atoms with Crippen LogP contribution in [0.25, 0.3) is 0 Å². The highest BCUT2D eigenvalue weighted by molar-refractivity contribution is 5.80. The normalized spacial score (nSPS) is 16.6. The summed E-state index contributed by atoms with van der Waals surface area (Å²) in [6.45, 7) is 9.16. The highest BCUT2D eigenvalue weighted by Crippen LogP contribution is 2.12. The number of hydrogen-bond acceptors (Lipinski definition) is 4. The molecule has 0 heterocycles. The lowest BCUT2D eigenvalue weighted by Crippen LogP contribution is -2.56. The molecule has 0 aromatic heterocycles. The summed E-state index contributed by atoms with van der Waals surface area (Å²) in [7, 11) is 3.85. The van der Waals surface area contributed by atoms with Crippen LogP contribution in [0.5, 0.6) is 0 Å². The first-order valence-corrected chi connectivity index (χ1v) is 6.47. The Morgan fingerprint density at radius 2 is 2.06 bits per heavy atom. The molecule has 0 spiro atoms. The van der Waals surface area contributed by atoms with E-state index in [1.807, 2.05) is 13.8 Å². The van der Waals surface area contributed by atoms with Crippen LogP contribution in [0.2, 0.25) is 0 Å². The molecule has 1 N–H and O–H groups in total. The number of ether oxygens (including phenoxy) is 1. The van der Waals surface area contributed by atoms with E-state index in [0.29, 0.717) is 19.2 Å². The Morgan fingerprint density at radius 1 is 1.47 bits per heavy atom. The van der Waals surface area contributed by atoms with E-state index in [4.69, 9.17) is 4.74 Å². The van der Waals surface area contributed by atoms with Crippen molar-refractivity contribution in [2.24, 2.45) is 0 Å². The van der Waals surface area contributed by atoms with E-state index in [0.717, 1.165) is 12.8 Å². The van der Waals surface area contributed by atoms with Gasteiger partial charge in [-0.2, -0.15) is 0 Å². The molecular formula is C13H28N2O2. The second-order valence-electron chi connectivity index (χ2n) is 4.86. The maximum Gasteiger partial charge on any atom is 0.327 e. The lowest BCUT2D eigenvalue weighted by atomic mass is 10.0. The van der Waals surface area contributed by atoms with Gasteiger partial charge in [0.25, 0.3) is 0 Å². The van der Waals surface area contributed by atoms with Crippen LogP contribution in [0, 0.1) is 0 Å². The molecule has 0 rings (SSSR count). The van der Waals surface area contributed by atoms with E-state index >= 15 is 0 Å². The van der Waals surface area contributed by atoms with Crippen molar-refractivity contribution in [2.75, 3.05) is 27.2 Å². The summed E-state index contributed by atoms with van der Waals surface area (Å²) in [4.78, 5) is 14.1. The van der Waals surface area contributed by atoms with Crippen molar-refractivity contribution < 1.29 is 9.53 Å². The van der Waals surface area contributed by atoms with Crippen LogP contribution in [-0.2, 0) is 9.53 Å². The van der Waals surface area contributed by atoms with Gasteiger partial charge in [-0.25, -0.2) is 0 Å². The Hall–Kier alpha value is -0.610. The number of likely N-dealkylation sites (N-methyl/N-ethyl adjacent to an activating group) is 2. The van der Waals surface area contributed by atoms with Gasteiger partial charge >= 0.3 is 5.97 Å². The zero-order valence-electron chi connectivity index (χ0n) is 12.2. The van der Waals surface area contributed by atoms with Crippen LogP contribution in [0.4, 0.5) is 0 Å². The van der Waals surface area contributed by atoms with Crippen molar-refractivity contribution in [1.82, 2.24) is 10.2 Å². The maximum absolute atomic E-state index is 11.9. The molecule has 0 amide bonds. The SMILES string of the molecule is CCCC(C)N(C)CC(C)(NC)C(=O)OCC. The predicted octanol–water partition coefficient (Wildman–Crippen LogP) is 1.65. The average molecular weight is 244 g/mol. The number of hydrogen-bond donors (Lipinski definition) is 1. The fraction of sp³-hybridized carbons (Fsp3) is 0.923. The van der Waals surface area contributed by atoms with E-state index in [1.54, 1.807) is 7.05 Å². The molecule has 4 nitrogen and oxygen atoms in total. The summed E-state index contributed by atoms with van der Waals surface area (Å²) in [6, 6.07) is 0.474. The minimum atomic E-state index is -0.632. The van der Waals surface area contributed by atoms with Gasteiger partial charge in [-0.05, 0) is 41.3 Å².